The highest BCUT2D eigenvalue weighted by Gasteiger charge is 2.32. The first-order chi connectivity index (χ1) is 13.6. The van der Waals surface area contributed by atoms with Crippen LogP contribution in [0.25, 0.3) is 0 Å². The third kappa shape index (κ3) is 5.33. The highest BCUT2D eigenvalue weighted by molar-refractivity contribution is 7.92. The molecule has 2 aromatic rings. The predicted octanol–water partition coefficient (Wildman–Crippen LogP) is 3.85. The van der Waals surface area contributed by atoms with Crippen LogP contribution < -0.4 is 19.1 Å². The Labute approximate surface area is 176 Å². The summed E-state index contributed by atoms with van der Waals surface area (Å²) in [7, 11) is -0.822. The zero-order valence-corrected chi connectivity index (χ0v) is 18.6. The first-order valence-corrected chi connectivity index (χ1v) is 11.1. The van der Waals surface area contributed by atoms with Crippen LogP contribution in [-0.2, 0) is 14.8 Å². The van der Waals surface area contributed by atoms with Crippen molar-refractivity contribution in [2.45, 2.75) is 26.3 Å². The number of amides is 1. The molecule has 0 bridgehead atoms. The number of halogens is 1. The van der Waals surface area contributed by atoms with Gasteiger partial charge in [0.15, 0.2) is 0 Å². The van der Waals surface area contributed by atoms with Crippen molar-refractivity contribution in [3.63, 3.8) is 0 Å². The van der Waals surface area contributed by atoms with Crippen LogP contribution in [0.5, 0.6) is 11.5 Å². The van der Waals surface area contributed by atoms with Gasteiger partial charge in [-0.2, -0.15) is 0 Å². The van der Waals surface area contributed by atoms with E-state index < -0.39 is 22.0 Å². The van der Waals surface area contributed by atoms with Gasteiger partial charge in [0, 0.05) is 12.1 Å². The molecule has 0 saturated heterocycles. The lowest BCUT2D eigenvalue weighted by atomic mass is 10.1. The van der Waals surface area contributed by atoms with Gasteiger partial charge in [0.05, 0.1) is 36.9 Å². The predicted molar refractivity (Wildman–Crippen MR) is 116 cm³/mol. The summed E-state index contributed by atoms with van der Waals surface area (Å²) < 4.78 is 36.7. The summed E-state index contributed by atoms with van der Waals surface area (Å²) in [5, 5.41) is 3.07. The smallest absolute Gasteiger partial charge is 0.248 e. The lowest BCUT2D eigenvalue weighted by molar-refractivity contribution is -0.117. The average Bonchev–Trinajstić information content (AvgIpc) is 2.65. The number of carbonyl (C=O) groups excluding carboxylic acids is 1. The van der Waals surface area contributed by atoms with E-state index in [2.05, 4.69) is 5.32 Å². The fraction of sp³-hybridized carbons (Fsp3) is 0.350. The largest absolute Gasteiger partial charge is 0.495 e. The molecular weight excluding hydrogens is 416 g/mol. The molecule has 9 heteroatoms. The minimum atomic E-state index is -3.72. The molecule has 0 aliphatic carbocycles. The third-order valence-electron chi connectivity index (χ3n) is 4.32. The Morgan fingerprint density at radius 1 is 1.17 bits per heavy atom. The number of nitrogens with one attached hydrogen (secondary N) is 1. The fourth-order valence-corrected chi connectivity index (χ4v) is 4.43. The van der Waals surface area contributed by atoms with Crippen molar-refractivity contribution in [1.29, 1.82) is 0 Å². The molecule has 2 rings (SSSR count). The molecule has 2 aromatic carbocycles. The Hall–Kier alpha value is -2.45. The van der Waals surface area contributed by atoms with Gasteiger partial charge in [-0.1, -0.05) is 30.7 Å². The van der Waals surface area contributed by atoms with Gasteiger partial charge in [-0.05, 0) is 31.0 Å². The van der Waals surface area contributed by atoms with Crippen LogP contribution in [0.15, 0.2) is 36.4 Å². The van der Waals surface area contributed by atoms with E-state index in [0.717, 1.165) is 16.1 Å². The van der Waals surface area contributed by atoms with Gasteiger partial charge in [-0.3, -0.25) is 9.10 Å². The van der Waals surface area contributed by atoms with Crippen molar-refractivity contribution in [2.75, 3.05) is 30.1 Å². The summed E-state index contributed by atoms with van der Waals surface area (Å²) >= 11 is 6.11. The number of methoxy groups -OCH3 is 2. The Bertz CT molecular complexity index is 994. The summed E-state index contributed by atoms with van der Waals surface area (Å²) in [5.74, 6) is 0.192. The van der Waals surface area contributed by atoms with Crippen molar-refractivity contribution in [3.8, 4) is 11.5 Å². The van der Waals surface area contributed by atoms with Gasteiger partial charge in [0.1, 0.15) is 17.5 Å². The molecule has 0 aliphatic heterocycles. The Morgan fingerprint density at radius 2 is 1.83 bits per heavy atom. The van der Waals surface area contributed by atoms with Gasteiger partial charge < -0.3 is 14.8 Å². The molecule has 0 unspecified atom stereocenters. The normalized spacial score (nSPS) is 12.2. The average molecular weight is 441 g/mol. The van der Waals surface area contributed by atoms with Crippen LogP contribution in [0.1, 0.15) is 18.9 Å². The summed E-state index contributed by atoms with van der Waals surface area (Å²) in [4.78, 5) is 13.1. The summed E-state index contributed by atoms with van der Waals surface area (Å²) in [5.41, 5.74) is 1.64. The number of hydrogen-bond acceptors (Lipinski definition) is 5. The summed E-state index contributed by atoms with van der Waals surface area (Å²) in [6.07, 6.45) is 1.34. The first kappa shape index (κ1) is 22.8. The van der Waals surface area contributed by atoms with Crippen molar-refractivity contribution >= 4 is 38.9 Å². The van der Waals surface area contributed by atoms with E-state index in [4.69, 9.17) is 21.1 Å². The number of sulfonamides is 1. The first-order valence-electron chi connectivity index (χ1n) is 8.90. The molecule has 1 N–H and O–H groups in total. The van der Waals surface area contributed by atoms with E-state index >= 15 is 0 Å². The van der Waals surface area contributed by atoms with Gasteiger partial charge in [-0.15, -0.1) is 0 Å². The quantitative estimate of drug-likeness (QED) is 0.673. The minimum absolute atomic E-state index is 0.264. The molecule has 158 valence electrons. The Kier molecular flexibility index (Phi) is 7.37. The maximum atomic E-state index is 13.1. The molecule has 0 heterocycles. The lowest BCUT2D eigenvalue weighted by Gasteiger charge is -2.30. The zero-order valence-electron chi connectivity index (χ0n) is 17.0. The number of benzene rings is 2. The second kappa shape index (κ2) is 9.37. The molecule has 0 radical (unpaired) electrons. The van der Waals surface area contributed by atoms with Crippen LogP contribution in [-0.4, -0.2) is 40.8 Å². The molecule has 7 nitrogen and oxygen atoms in total. The molecular formula is C20H25ClN2O5S. The molecule has 0 spiro atoms. The molecule has 1 atom stereocenters. The van der Waals surface area contributed by atoms with Crippen LogP contribution in [0.2, 0.25) is 5.02 Å². The minimum Gasteiger partial charge on any atom is -0.495 e. The van der Waals surface area contributed by atoms with E-state index in [1.165, 1.54) is 26.4 Å². The summed E-state index contributed by atoms with van der Waals surface area (Å²) in [6, 6.07) is 9.09. The molecule has 1 amide bonds. The van der Waals surface area contributed by atoms with E-state index in [1.807, 2.05) is 13.0 Å². The zero-order chi connectivity index (χ0) is 21.8. The second-order valence-corrected chi connectivity index (χ2v) is 8.76. The monoisotopic (exact) mass is 440 g/mol. The molecule has 0 aliphatic rings. The SMILES string of the molecule is CC[C@H](C(=O)Nc1cc(OC)c(Cl)cc1OC)N(c1cccc(C)c1)S(C)(=O)=O. The number of carbonyl (C=O) groups is 1. The van der Waals surface area contributed by atoms with E-state index in [-0.39, 0.29) is 6.42 Å². The number of rotatable bonds is 8. The standard InChI is InChI=1S/C20H25ClN2O5S/c1-6-17(23(29(5,25)26)14-9-7-8-13(2)10-14)20(24)22-16-12-18(27-3)15(21)11-19(16)28-4/h7-12,17H,6H2,1-5H3,(H,22,24)/t17-/m1/s1. The van der Waals surface area contributed by atoms with Gasteiger partial charge in [0.25, 0.3) is 0 Å². The summed E-state index contributed by atoms with van der Waals surface area (Å²) in [6.45, 7) is 3.60. The number of anilines is 2. The maximum Gasteiger partial charge on any atom is 0.248 e. The number of nitrogens with zero attached hydrogens (tertiary/aromatic N) is 1. The van der Waals surface area contributed by atoms with Crippen LogP contribution in [0, 0.1) is 6.92 Å². The highest BCUT2D eigenvalue weighted by Crippen LogP contribution is 2.36. The highest BCUT2D eigenvalue weighted by atomic mass is 35.5. The van der Waals surface area contributed by atoms with E-state index in [0.29, 0.717) is 27.9 Å². The van der Waals surface area contributed by atoms with Gasteiger partial charge >= 0.3 is 0 Å². The van der Waals surface area contributed by atoms with Crippen LogP contribution in [0.3, 0.4) is 0 Å². The van der Waals surface area contributed by atoms with E-state index in [9.17, 15) is 13.2 Å². The maximum absolute atomic E-state index is 13.1. The Balaban J connectivity index is 2.45. The second-order valence-electron chi connectivity index (χ2n) is 6.50. The topological polar surface area (TPSA) is 84.9 Å². The van der Waals surface area contributed by atoms with Crippen molar-refractivity contribution in [1.82, 2.24) is 0 Å². The van der Waals surface area contributed by atoms with Crippen LogP contribution >= 0.6 is 11.6 Å². The van der Waals surface area contributed by atoms with Crippen LogP contribution in [0.4, 0.5) is 11.4 Å². The molecule has 0 aromatic heterocycles. The Morgan fingerprint density at radius 3 is 2.34 bits per heavy atom. The van der Waals surface area contributed by atoms with Gasteiger partial charge in [0.2, 0.25) is 15.9 Å². The van der Waals surface area contributed by atoms with Crippen molar-refractivity contribution in [2.24, 2.45) is 0 Å². The van der Waals surface area contributed by atoms with Gasteiger partial charge in [-0.25, -0.2) is 8.42 Å². The van der Waals surface area contributed by atoms with Crippen molar-refractivity contribution in [3.05, 3.63) is 47.0 Å². The lowest BCUT2D eigenvalue weighted by Crippen LogP contribution is -2.47. The van der Waals surface area contributed by atoms with Crippen molar-refractivity contribution < 1.29 is 22.7 Å². The third-order valence-corrected chi connectivity index (χ3v) is 5.79. The number of aryl methyl sites for hydroxylation is 1. The fourth-order valence-electron chi connectivity index (χ4n) is 3.00. The number of ether oxygens (including phenoxy) is 2. The number of hydrogen-bond donors (Lipinski definition) is 1. The van der Waals surface area contributed by atoms with E-state index in [1.54, 1.807) is 25.1 Å². The molecule has 0 saturated carbocycles. The molecule has 0 fully saturated rings. The molecule has 29 heavy (non-hydrogen) atoms.